The molecule has 1 saturated carbocycles. The first kappa shape index (κ1) is 23.4. The molecule has 3 heterocycles. The number of anilines is 1. The minimum Gasteiger partial charge on any atom is -0.457 e. The van der Waals surface area contributed by atoms with E-state index in [0.717, 1.165) is 55.8 Å². The average Bonchev–Trinajstić information content (AvgIpc) is 3.26. The second kappa shape index (κ2) is 9.80. The van der Waals surface area contributed by atoms with Crippen molar-refractivity contribution in [1.29, 1.82) is 0 Å². The van der Waals surface area contributed by atoms with Gasteiger partial charge in [-0.3, -0.25) is 9.69 Å². The third kappa shape index (κ3) is 4.36. The number of nitrogens with zero attached hydrogens (tertiary/aromatic N) is 1. The van der Waals surface area contributed by atoms with Crippen LogP contribution in [-0.2, 0) is 4.79 Å². The van der Waals surface area contributed by atoms with Gasteiger partial charge in [0.1, 0.15) is 11.5 Å². The highest BCUT2D eigenvalue weighted by atomic mass is 32.2. The van der Waals surface area contributed by atoms with Gasteiger partial charge in [-0.05, 0) is 62.2 Å². The standard InChI is InChI=1S/C27H31N5O3S/c28-19-8-4-5-9-20(19)30-25(33)24-23-22-21(14-15-29-26(22)36-24)32(27(34)31-23)16-10-12-18(13-11-16)35-17-6-2-1-3-7-17/h1-3,6-7,10-13,19-22,26,29H,4-5,8-9,14-15,28H2,(H,30,33)(H,31,34)/t19-,20-,21?,22?,26?/m1/s1. The van der Waals surface area contributed by atoms with E-state index in [4.69, 9.17) is 10.5 Å². The molecule has 8 nitrogen and oxygen atoms in total. The molecule has 0 spiro atoms. The third-order valence-corrected chi connectivity index (χ3v) is 8.93. The van der Waals surface area contributed by atoms with Crippen molar-refractivity contribution in [3.05, 3.63) is 65.2 Å². The van der Waals surface area contributed by atoms with Crippen molar-refractivity contribution in [3.8, 4) is 11.5 Å². The van der Waals surface area contributed by atoms with Gasteiger partial charge in [0, 0.05) is 29.4 Å². The average molecular weight is 506 g/mol. The van der Waals surface area contributed by atoms with Gasteiger partial charge in [-0.1, -0.05) is 42.8 Å². The molecule has 0 aromatic heterocycles. The first-order valence-corrected chi connectivity index (χ1v) is 13.6. The molecule has 36 heavy (non-hydrogen) atoms. The van der Waals surface area contributed by atoms with Gasteiger partial charge in [-0.15, -0.1) is 0 Å². The van der Waals surface area contributed by atoms with Crippen LogP contribution in [0.3, 0.4) is 0 Å². The second-order valence-corrected chi connectivity index (χ2v) is 11.0. The topological polar surface area (TPSA) is 109 Å². The monoisotopic (exact) mass is 505 g/mol. The SMILES string of the molecule is N[C@@H]1CCCC[C@H]1NC(=O)C1=C2NC(=O)N(c3ccc(Oc4ccccc4)cc3)C3CCNC(S1)C23. The molecule has 2 aromatic rings. The summed E-state index contributed by atoms with van der Waals surface area (Å²) in [5.41, 5.74) is 7.82. The Bertz CT molecular complexity index is 1170. The Labute approximate surface area is 215 Å². The van der Waals surface area contributed by atoms with Crippen LogP contribution in [0.2, 0.25) is 0 Å². The molecule has 3 fully saturated rings. The van der Waals surface area contributed by atoms with Gasteiger partial charge in [0.05, 0.1) is 16.3 Å². The van der Waals surface area contributed by atoms with Crippen molar-refractivity contribution < 1.29 is 14.3 Å². The Kier molecular flexibility index (Phi) is 6.37. The van der Waals surface area contributed by atoms with Crippen molar-refractivity contribution in [2.45, 2.75) is 55.6 Å². The number of benzene rings is 2. The van der Waals surface area contributed by atoms with Gasteiger partial charge in [0.25, 0.3) is 5.91 Å². The maximum atomic E-state index is 13.4. The molecule has 2 saturated heterocycles. The molecule has 2 aromatic carbocycles. The number of carbonyl (C=O) groups is 2. The Morgan fingerprint density at radius 2 is 1.78 bits per heavy atom. The predicted octanol–water partition coefficient (Wildman–Crippen LogP) is 3.66. The molecule has 9 heteroatoms. The van der Waals surface area contributed by atoms with Gasteiger partial charge in [-0.2, -0.15) is 0 Å². The first-order chi connectivity index (χ1) is 17.6. The number of hydrogen-bond acceptors (Lipinski definition) is 6. The lowest BCUT2D eigenvalue weighted by molar-refractivity contribution is -0.117. The summed E-state index contributed by atoms with van der Waals surface area (Å²) in [6, 6.07) is 17.0. The molecule has 3 aliphatic heterocycles. The maximum Gasteiger partial charge on any atom is 0.326 e. The largest absolute Gasteiger partial charge is 0.457 e. The van der Waals surface area contributed by atoms with Gasteiger partial charge < -0.3 is 26.4 Å². The van der Waals surface area contributed by atoms with Crippen LogP contribution in [0.25, 0.3) is 0 Å². The van der Waals surface area contributed by atoms with Crippen LogP contribution in [-0.4, -0.2) is 42.0 Å². The number of hydrogen-bond donors (Lipinski definition) is 4. The van der Waals surface area contributed by atoms with Crippen molar-refractivity contribution in [2.75, 3.05) is 11.4 Å². The Balaban J connectivity index is 1.22. The van der Waals surface area contributed by atoms with E-state index >= 15 is 0 Å². The van der Waals surface area contributed by atoms with E-state index in [2.05, 4.69) is 16.0 Å². The van der Waals surface area contributed by atoms with Crippen LogP contribution >= 0.6 is 11.8 Å². The van der Waals surface area contributed by atoms with Crippen LogP contribution in [0.15, 0.2) is 65.2 Å². The number of nitrogens with two attached hydrogens (primary N) is 1. The molecular formula is C27H31N5O3S. The van der Waals surface area contributed by atoms with Gasteiger partial charge >= 0.3 is 6.03 Å². The zero-order valence-electron chi connectivity index (χ0n) is 20.0. The number of piperidine rings is 1. The van der Waals surface area contributed by atoms with E-state index < -0.39 is 0 Å². The van der Waals surface area contributed by atoms with E-state index in [0.29, 0.717) is 10.7 Å². The summed E-state index contributed by atoms with van der Waals surface area (Å²) in [6.07, 6.45) is 4.83. The molecule has 0 radical (unpaired) electrons. The Hall–Kier alpha value is -3.01. The van der Waals surface area contributed by atoms with Crippen molar-refractivity contribution in [3.63, 3.8) is 0 Å². The summed E-state index contributed by atoms with van der Waals surface area (Å²) >= 11 is 1.53. The summed E-state index contributed by atoms with van der Waals surface area (Å²) in [6.45, 7) is 0.785. The fraction of sp³-hybridized carbons (Fsp3) is 0.407. The molecule has 3 unspecified atom stereocenters. The molecule has 5 atom stereocenters. The van der Waals surface area contributed by atoms with E-state index in [1.165, 1.54) is 11.8 Å². The third-order valence-electron chi connectivity index (χ3n) is 7.58. The molecule has 1 aliphatic carbocycles. The van der Waals surface area contributed by atoms with Crippen LogP contribution in [0, 0.1) is 5.92 Å². The molecule has 4 aliphatic rings. The highest BCUT2D eigenvalue weighted by Gasteiger charge is 2.51. The fourth-order valence-corrected chi connectivity index (χ4v) is 7.19. The summed E-state index contributed by atoms with van der Waals surface area (Å²) in [5, 5.41) is 9.82. The lowest BCUT2D eigenvalue weighted by Gasteiger charge is -2.45. The van der Waals surface area contributed by atoms with Gasteiger partial charge in [-0.25, -0.2) is 4.79 Å². The van der Waals surface area contributed by atoms with Crippen molar-refractivity contribution >= 4 is 29.4 Å². The first-order valence-electron chi connectivity index (χ1n) is 12.7. The number of rotatable bonds is 5. The molecule has 188 valence electrons. The highest BCUT2D eigenvalue weighted by molar-refractivity contribution is 8.04. The number of ether oxygens (including phenoxy) is 1. The Morgan fingerprint density at radius 3 is 2.56 bits per heavy atom. The summed E-state index contributed by atoms with van der Waals surface area (Å²) in [4.78, 5) is 29.1. The van der Waals surface area contributed by atoms with Gasteiger partial charge in [0.2, 0.25) is 0 Å². The number of urea groups is 1. The van der Waals surface area contributed by atoms with E-state index in [1.807, 2.05) is 59.5 Å². The van der Waals surface area contributed by atoms with E-state index in [9.17, 15) is 9.59 Å². The zero-order chi connectivity index (χ0) is 24.6. The molecule has 6 rings (SSSR count). The predicted molar refractivity (Wildman–Crippen MR) is 141 cm³/mol. The lowest BCUT2D eigenvalue weighted by atomic mass is 9.86. The molecule has 5 N–H and O–H groups in total. The van der Waals surface area contributed by atoms with Gasteiger partial charge in [0.15, 0.2) is 0 Å². The summed E-state index contributed by atoms with van der Waals surface area (Å²) in [5.74, 6) is 1.37. The maximum absolute atomic E-state index is 13.4. The molecule has 0 bridgehead atoms. The fourth-order valence-electron chi connectivity index (χ4n) is 5.79. The smallest absolute Gasteiger partial charge is 0.326 e. The molecule has 3 amide bonds. The number of carbonyl (C=O) groups excluding carboxylic acids is 2. The van der Waals surface area contributed by atoms with E-state index in [1.54, 1.807) is 0 Å². The quantitative estimate of drug-likeness (QED) is 0.494. The minimum atomic E-state index is -0.203. The number of para-hydroxylation sites is 1. The number of nitrogens with one attached hydrogen (secondary N) is 3. The summed E-state index contributed by atoms with van der Waals surface area (Å²) < 4.78 is 5.92. The lowest BCUT2D eigenvalue weighted by Crippen LogP contribution is -2.62. The zero-order valence-corrected chi connectivity index (χ0v) is 20.8. The number of amides is 3. The van der Waals surface area contributed by atoms with Crippen LogP contribution < -0.4 is 31.3 Å². The second-order valence-electron chi connectivity index (χ2n) is 9.85. The Morgan fingerprint density at radius 1 is 1.03 bits per heavy atom. The molecular weight excluding hydrogens is 474 g/mol. The minimum absolute atomic E-state index is 0.0151. The van der Waals surface area contributed by atoms with Crippen LogP contribution in [0.5, 0.6) is 11.5 Å². The van der Waals surface area contributed by atoms with E-state index in [-0.39, 0.29) is 41.4 Å². The normalized spacial score (nSPS) is 29.4. The highest BCUT2D eigenvalue weighted by Crippen LogP contribution is 2.48. The summed E-state index contributed by atoms with van der Waals surface area (Å²) in [7, 11) is 0. The van der Waals surface area contributed by atoms with Crippen LogP contribution in [0.4, 0.5) is 10.5 Å². The number of thioether (sulfide) groups is 1. The van der Waals surface area contributed by atoms with Crippen LogP contribution in [0.1, 0.15) is 32.1 Å². The van der Waals surface area contributed by atoms with Crippen molar-refractivity contribution in [2.24, 2.45) is 11.7 Å². The van der Waals surface area contributed by atoms with Crippen molar-refractivity contribution in [1.82, 2.24) is 16.0 Å².